The molecule has 0 spiro atoms. The van der Waals surface area contributed by atoms with Gasteiger partial charge >= 0.3 is 7.82 Å². The number of nitrogens with two attached hydrogens (primary N) is 1. The number of phosphoric ester groups is 1. The number of halogens is 1. The van der Waals surface area contributed by atoms with Crippen LogP contribution in [0.15, 0.2) is 15.0 Å². The highest BCUT2D eigenvalue weighted by molar-refractivity contribution is 7.48. The van der Waals surface area contributed by atoms with Gasteiger partial charge in [0, 0.05) is 0 Å². The lowest BCUT2D eigenvalue weighted by molar-refractivity contribution is -0.131. The number of nitrogens with zero attached hydrogens (tertiary/aromatic N) is 4. The van der Waals surface area contributed by atoms with Gasteiger partial charge < -0.3 is 24.8 Å². The van der Waals surface area contributed by atoms with E-state index in [0.29, 0.717) is 12.5 Å². The fourth-order valence-electron chi connectivity index (χ4n) is 3.92. The van der Waals surface area contributed by atoms with E-state index >= 15 is 4.39 Å². The Morgan fingerprint density at radius 1 is 1.45 bits per heavy atom. The Bertz CT molecular complexity index is 838. The molecule has 0 radical (unpaired) electrons. The number of aliphatic imine (C=N–C) groups is 3. The minimum Gasteiger partial charge on any atom is -0.479 e. The van der Waals surface area contributed by atoms with Crippen molar-refractivity contribution in [3.8, 4) is 0 Å². The molecule has 0 aromatic carbocycles. The van der Waals surface area contributed by atoms with E-state index in [1.807, 2.05) is 6.92 Å². The number of fused-ring (bicyclic) bond motifs is 2. The monoisotopic (exact) mass is 463 g/mol. The highest BCUT2D eigenvalue weighted by Gasteiger charge is 2.61. The molecular formula is C17H27FN5O7P. The van der Waals surface area contributed by atoms with Crippen LogP contribution < -0.4 is 5.73 Å². The molecule has 2 N–H and O–H groups in total. The first-order chi connectivity index (χ1) is 14.6. The summed E-state index contributed by atoms with van der Waals surface area (Å²) in [5.74, 6) is 0.313. The molecule has 14 heteroatoms. The van der Waals surface area contributed by atoms with Crippen molar-refractivity contribution in [2.45, 2.75) is 70.1 Å². The van der Waals surface area contributed by atoms with Crippen molar-refractivity contribution in [1.29, 1.82) is 0 Å². The third-order valence-corrected chi connectivity index (χ3v) is 6.70. The van der Waals surface area contributed by atoms with E-state index in [-0.39, 0.29) is 12.6 Å². The van der Waals surface area contributed by atoms with Crippen molar-refractivity contribution >= 4 is 26.0 Å². The number of alkyl halides is 1. The summed E-state index contributed by atoms with van der Waals surface area (Å²) in [6.07, 6.45) is -2.70. The van der Waals surface area contributed by atoms with E-state index in [0.717, 1.165) is 0 Å². The van der Waals surface area contributed by atoms with Crippen LogP contribution in [0.25, 0.3) is 0 Å². The molecule has 0 saturated carbocycles. The predicted octanol–water partition coefficient (Wildman–Crippen LogP) is 1.16. The van der Waals surface area contributed by atoms with Crippen LogP contribution in [0.3, 0.4) is 0 Å². The molecule has 4 heterocycles. The topological polar surface area (TPSA) is 139 Å². The number of hydrogen-bond donors (Lipinski definition) is 1. The zero-order valence-corrected chi connectivity index (χ0v) is 18.6. The highest BCUT2D eigenvalue weighted by atomic mass is 31.2. The molecule has 4 rings (SSSR count). The summed E-state index contributed by atoms with van der Waals surface area (Å²) in [5.41, 5.74) is 3.82. The summed E-state index contributed by atoms with van der Waals surface area (Å²) in [6.45, 7) is 6.19. The average molecular weight is 463 g/mol. The molecule has 0 bridgehead atoms. The van der Waals surface area contributed by atoms with Gasteiger partial charge in [0.05, 0.1) is 25.7 Å². The van der Waals surface area contributed by atoms with Crippen LogP contribution in [0.5, 0.6) is 0 Å². The van der Waals surface area contributed by atoms with Crippen LogP contribution in [0.1, 0.15) is 27.7 Å². The van der Waals surface area contributed by atoms with E-state index in [2.05, 4.69) is 15.0 Å². The molecular weight excluding hydrogens is 436 g/mol. The first-order valence-electron chi connectivity index (χ1n) is 10.0. The fraction of sp³-hybridized carbons (Fsp3) is 0.824. The van der Waals surface area contributed by atoms with E-state index in [1.54, 1.807) is 13.8 Å². The van der Waals surface area contributed by atoms with Gasteiger partial charge in [-0.1, -0.05) is 0 Å². The lowest BCUT2D eigenvalue weighted by Crippen LogP contribution is -2.55. The molecule has 4 aliphatic rings. The van der Waals surface area contributed by atoms with Gasteiger partial charge in [0.1, 0.15) is 12.2 Å². The largest absolute Gasteiger partial charge is 0.479 e. The van der Waals surface area contributed by atoms with Gasteiger partial charge in [-0.3, -0.25) is 18.6 Å². The standard InChI is InChI=1S/C17H27FN5O7P/c1-5-25-14-11-13(21-16(19)22-14)23(7-20-11)15-17(4,18)12-10(29-15)6-27-31(24,28-8-26-12)30-9(2)3/h7,9-13,15H,5-6,8H2,1-4H3,(H2,19,21)/t10-,11?,12?,13?,15-,17+,31?/m1/s1. The van der Waals surface area contributed by atoms with Crippen molar-refractivity contribution in [3.05, 3.63) is 0 Å². The van der Waals surface area contributed by atoms with E-state index in [4.69, 9.17) is 33.5 Å². The van der Waals surface area contributed by atoms with Crippen molar-refractivity contribution in [1.82, 2.24) is 4.90 Å². The van der Waals surface area contributed by atoms with Gasteiger partial charge in [-0.2, -0.15) is 4.99 Å². The Labute approximate surface area is 179 Å². The third kappa shape index (κ3) is 4.22. The summed E-state index contributed by atoms with van der Waals surface area (Å²) in [6, 6.07) is -0.569. The second-order valence-corrected chi connectivity index (χ2v) is 9.47. The van der Waals surface area contributed by atoms with Gasteiger partial charge in [0.25, 0.3) is 0 Å². The summed E-state index contributed by atoms with van der Waals surface area (Å²) < 4.78 is 61.4. The molecule has 31 heavy (non-hydrogen) atoms. The maximum absolute atomic E-state index is 16.0. The quantitative estimate of drug-likeness (QED) is 0.609. The van der Waals surface area contributed by atoms with Crippen LogP contribution in [-0.4, -0.2) is 85.5 Å². The zero-order valence-electron chi connectivity index (χ0n) is 17.7. The Morgan fingerprint density at radius 2 is 2.23 bits per heavy atom. The molecule has 0 aromatic rings. The molecule has 12 nitrogen and oxygen atoms in total. The normalized spacial score (nSPS) is 42.5. The van der Waals surface area contributed by atoms with E-state index < -0.39 is 57.0 Å². The number of guanidine groups is 1. The molecule has 4 aliphatic heterocycles. The Balaban J connectivity index is 1.53. The van der Waals surface area contributed by atoms with Crippen LogP contribution >= 0.6 is 7.82 Å². The second-order valence-electron chi connectivity index (χ2n) is 7.85. The van der Waals surface area contributed by atoms with E-state index in [1.165, 1.54) is 18.2 Å². The SMILES string of the molecule is CCOC1=NC(N)=NC2C1N=CN2[C@@H]1O[C@@H]2COP(=O)(OC(C)C)OCOC2[C@]1(C)F. The molecule has 4 unspecified atom stereocenters. The minimum atomic E-state index is -3.86. The van der Waals surface area contributed by atoms with Crippen LogP contribution in [0.4, 0.5) is 4.39 Å². The minimum absolute atomic E-state index is 0.00419. The molecule has 2 fully saturated rings. The molecule has 2 saturated heterocycles. The number of ether oxygens (including phenoxy) is 3. The predicted molar refractivity (Wildman–Crippen MR) is 107 cm³/mol. The first-order valence-corrected chi connectivity index (χ1v) is 11.5. The van der Waals surface area contributed by atoms with Crippen LogP contribution in [0.2, 0.25) is 0 Å². The summed E-state index contributed by atoms with van der Waals surface area (Å²) >= 11 is 0. The molecule has 174 valence electrons. The molecule has 0 aromatic heterocycles. The lowest BCUT2D eigenvalue weighted by atomic mass is 9.97. The Hall–Kier alpha value is -1.63. The fourth-order valence-corrected chi connectivity index (χ4v) is 5.15. The number of hydrogen-bond acceptors (Lipinski definition) is 12. The van der Waals surface area contributed by atoms with Crippen molar-refractivity contribution in [3.63, 3.8) is 0 Å². The smallest absolute Gasteiger partial charge is 0.477 e. The Kier molecular flexibility index (Phi) is 6.10. The average Bonchev–Trinajstić information content (AvgIpc) is 3.17. The third-order valence-electron chi connectivity index (χ3n) is 5.13. The summed E-state index contributed by atoms with van der Waals surface area (Å²) in [5, 5.41) is 0. The van der Waals surface area contributed by atoms with Crippen molar-refractivity contribution in [2.75, 3.05) is 20.0 Å². The number of rotatable bonds is 4. The van der Waals surface area contributed by atoms with Gasteiger partial charge in [-0.05, 0) is 27.7 Å². The van der Waals surface area contributed by atoms with Gasteiger partial charge in [-0.25, -0.2) is 13.9 Å². The van der Waals surface area contributed by atoms with Gasteiger partial charge in [-0.15, -0.1) is 0 Å². The molecule has 0 aliphatic carbocycles. The first kappa shape index (κ1) is 22.6. The van der Waals surface area contributed by atoms with Crippen LogP contribution in [-0.2, 0) is 32.3 Å². The lowest BCUT2D eigenvalue weighted by Gasteiger charge is -2.36. The Morgan fingerprint density at radius 3 is 2.94 bits per heavy atom. The maximum atomic E-state index is 16.0. The molecule has 7 atom stereocenters. The maximum Gasteiger partial charge on any atom is 0.477 e. The highest BCUT2D eigenvalue weighted by Crippen LogP contribution is 2.53. The van der Waals surface area contributed by atoms with E-state index in [9.17, 15) is 4.57 Å². The van der Waals surface area contributed by atoms with Crippen LogP contribution in [0, 0.1) is 0 Å². The summed E-state index contributed by atoms with van der Waals surface area (Å²) in [7, 11) is -3.86. The second kappa shape index (κ2) is 8.38. The van der Waals surface area contributed by atoms with Gasteiger partial charge in [0.15, 0.2) is 30.9 Å². The molecule has 0 amide bonds. The van der Waals surface area contributed by atoms with Crippen molar-refractivity contribution < 1.29 is 36.7 Å². The summed E-state index contributed by atoms with van der Waals surface area (Å²) in [4.78, 5) is 14.3. The van der Waals surface area contributed by atoms with Gasteiger partial charge in [0.2, 0.25) is 11.9 Å². The van der Waals surface area contributed by atoms with Crippen molar-refractivity contribution in [2.24, 2.45) is 20.7 Å². The number of phosphoric acid groups is 1. The zero-order chi connectivity index (χ0) is 22.4.